The number of nitro groups is 1. The summed E-state index contributed by atoms with van der Waals surface area (Å²) >= 11 is 5.72. The van der Waals surface area contributed by atoms with Crippen LogP contribution < -0.4 is 5.32 Å². The molecule has 0 saturated heterocycles. The second kappa shape index (κ2) is 5.63. The summed E-state index contributed by atoms with van der Waals surface area (Å²) in [5, 5.41) is 13.5. The molecular weight excluding hydrogens is 244 g/mol. The molecule has 0 radical (unpaired) electrons. The fourth-order valence-electron chi connectivity index (χ4n) is 1.21. The van der Waals surface area contributed by atoms with Gasteiger partial charge in [0.1, 0.15) is 0 Å². The number of nitro benzene ring substituents is 1. The number of nitrogens with one attached hydrogen (secondary N) is 1. The highest BCUT2D eigenvalue weighted by Crippen LogP contribution is 2.20. The molecule has 17 heavy (non-hydrogen) atoms. The molecule has 5 nitrogen and oxygen atoms in total. The number of benzene rings is 1. The lowest BCUT2D eigenvalue weighted by atomic mass is 10.1. The molecule has 0 bridgehead atoms. The van der Waals surface area contributed by atoms with E-state index in [4.69, 9.17) is 11.6 Å². The minimum absolute atomic E-state index is 0.175. The molecule has 1 amide bonds. The van der Waals surface area contributed by atoms with Gasteiger partial charge in [-0.3, -0.25) is 14.9 Å². The number of rotatable bonds is 4. The Bertz CT molecular complexity index is 446. The van der Waals surface area contributed by atoms with Gasteiger partial charge < -0.3 is 5.32 Å². The van der Waals surface area contributed by atoms with Crippen LogP contribution in [0.5, 0.6) is 0 Å². The Morgan fingerprint density at radius 3 is 2.65 bits per heavy atom. The SMILES string of the molecule is CC(C)CNC(=O)c1cc(Cl)cc([N+](=O)[O-])c1. The standard InChI is InChI=1S/C11H13ClN2O3/c1-7(2)6-13-11(15)8-3-9(12)5-10(4-8)14(16)17/h3-5,7H,6H2,1-2H3,(H,13,15). The third kappa shape index (κ3) is 4.03. The third-order valence-electron chi connectivity index (χ3n) is 2.03. The fraction of sp³-hybridized carbons (Fsp3) is 0.364. The molecule has 92 valence electrons. The number of amides is 1. The van der Waals surface area contributed by atoms with E-state index < -0.39 is 4.92 Å². The molecule has 0 fully saturated rings. The van der Waals surface area contributed by atoms with Crippen LogP contribution in [-0.4, -0.2) is 17.4 Å². The lowest BCUT2D eigenvalue weighted by Crippen LogP contribution is -2.27. The summed E-state index contributed by atoms with van der Waals surface area (Å²) < 4.78 is 0. The van der Waals surface area contributed by atoms with E-state index in [1.165, 1.54) is 18.2 Å². The van der Waals surface area contributed by atoms with Crippen LogP contribution in [0.15, 0.2) is 18.2 Å². The number of nitrogens with zero attached hydrogens (tertiary/aromatic N) is 1. The van der Waals surface area contributed by atoms with Gasteiger partial charge in [-0.05, 0) is 12.0 Å². The van der Waals surface area contributed by atoms with Crippen LogP contribution >= 0.6 is 11.6 Å². The molecule has 6 heteroatoms. The Labute approximate surface area is 104 Å². The average molecular weight is 257 g/mol. The molecule has 0 saturated carbocycles. The van der Waals surface area contributed by atoms with Gasteiger partial charge in [-0.2, -0.15) is 0 Å². The Morgan fingerprint density at radius 2 is 2.12 bits per heavy atom. The minimum Gasteiger partial charge on any atom is -0.352 e. The van der Waals surface area contributed by atoms with E-state index in [9.17, 15) is 14.9 Å². The van der Waals surface area contributed by atoms with Crippen molar-refractivity contribution in [3.8, 4) is 0 Å². The molecule has 0 aromatic heterocycles. The zero-order chi connectivity index (χ0) is 13.0. The maximum atomic E-state index is 11.7. The molecule has 1 aromatic rings. The first-order chi connectivity index (χ1) is 7.90. The highest BCUT2D eigenvalue weighted by Gasteiger charge is 2.13. The first kappa shape index (κ1) is 13.4. The first-order valence-corrected chi connectivity index (χ1v) is 5.51. The summed E-state index contributed by atoms with van der Waals surface area (Å²) in [6, 6.07) is 3.83. The van der Waals surface area contributed by atoms with Crippen molar-refractivity contribution in [3.05, 3.63) is 38.9 Å². The van der Waals surface area contributed by atoms with Crippen molar-refractivity contribution in [2.45, 2.75) is 13.8 Å². The number of halogens is 1. The van der Waals surface area contributed by atoms with Crippen molar-refractivity contribution in [2.75, 3.05) is 6.54 Å². The molecule has 0 heterocycles. The smallest absolute Gasteiger partial charge is 0.271 e. The normalized spacial score (nSPS) is 10.4. The largest absolute Gasteiger partial charge is 0.352 e. The van der Waals surface area contributed by atoms with Crippen molar-refractivity contribution in [1.29, 1.82) is 0 Å². The number of hydrogen-bond donors (Lipinski definition) is 1. The van der Waals surface area contributed by atoms with Gasteiger partial charge in [0.05, 0.1) is 4.92 Å². The van der Waals surface area contributed by atoms with Crippen LogP contribution in [0.1, 0.15) is 24.2 Å². The Hall–Kier alpha value is -1.62. The second-order valence-corrected chi connectivity index (χ2v) is 4.50. The van der Waals surface area contributed by atoms with E-state index in [0.717, 1.165) is 0 Å². The van der Waals surface area contributed by atoms with E-state index >= 15 is 0 Å². The molecule has 0 atom stereocenters. The zero-order valence-electron chi connectivity index (χ0n) is 9.57. The lowest BCUT2D eigenvalue weighted by molar-refractivity contribution is -0.384. The Morgan fingerprint density at radius 1 is 1.47 bits per heavy atom. The van der Waals surface area contributed by atoms with Crippen LogP contribution in [0, 0.1) is 16.0 Å². The van der Waals surface area contributed by atoms with E-state index in [0.29, 0.717) is 12.5 Å². The van der Waals surface area contributed by atoms with Crippen molar-refractivity contribution in [3.63, 3.8) is 0 Å². The number of hydrogen-bond acceptors (Lipinski definition) is 3. The van der Waals surface area contributed by atoms with Gasteiger partial charge >= 0.3 is 0 Å². The molecule has 0 aliphatic heterocycles. The van der Waals surface area contributed by atoms with E-state index in [-0.39, 0.29) is 22.2 Å². The van der Waals surface area contributed by atoms with Gasteiger partial charge in [-0.15, -0.1) is 0 Å². The van der Waals surface area contributed by atoms with Gasteiger partial charge in [0, 0.05) is 29.3 Å². The number of non-ortho nitro benzene ring substituents is 1. The number of carbonyl (C=O) groups excluding carboxylic acids is 1. The van der Waals surface area contributed by atoms with Crippen molar-refractivity contribution in [1.82, 2.24) is 5.32 Å². The summed E-state index contributed by atoms with van der Waals surface area (Å²) in [6.07, 6.45) is 0. The highest BCUT2D eigenvalue weighted by molar-refractivity contribution is 6.31. The van der Waals surface area contributed by atoms with Crippen LogP contribution in [0.2, 0.25) is 5.02 Å². The molecule has 0 unspecified atom stereocenters. The van der Waals surface area contributed by atoms with Crippen molar-refractivity contribution >= 4 is 23.2 Å². The molecule has 0 aliphatic rings. The van der Waals surface area contributed by atoms with Crippen LogP contribution in [0.3, 0.4) is 0 Å². The Balaban J connectivity index is 2.90. The molecule has 0 aliphatic carbocycles. The minimum atomic E-state index is -0.578. The second-order valence-electron chi connectivity index (χ2n) is 4.06. The van der Waals surface area contributed by atoms with E-state index in [1.54, 1.807) is 0 Å². The van der Waals surface area contributed by atoms with Gasteiger partial charge in [0.25, 0.3) is 11.6 Å². The van der Waals surface area contributed by atoms with Crippen LogP contribution in [0.4, 0.5) is 5.69 Å². The van der Waals surface area contributed by atoms with E-state index in [1.807, 2.05) is 13.8 Å². The topological polar surface area (TPSA) is 72.2 Å². The summed E-state index contributed by atoms with van der Waals surface area (Å²) in [5.74, 6) is -0.0441. The van der Waals surface area contributed by atoms with Gasteiger partial charge in [-0.25, -0.2) is 0 Å². The molecule has 0 spiro atoms. The Kier molecular flexibility index (Phi) is 4.45. The quantitative estimate of drug-likeness (QED) is 0.665. The van der Waals surface area contributed by atoms with Gasteiger partial charge in [0.15, 0.2) is 0 Å². The lowest BCUT2D eigenvalue weighted by Gasteiger charge is -2.07. The predicted molar refractivity (Wildman–Crippen MR) is 65.3 cm³/mol. The first-order valence-electron chi connectivity index (χ1n) is 5.13. The predicted octanol–water partition coefficient (Wildman–Crippen LogP) is 2.63. The van der Waals surface area contributed by atoms with Crippen LogP contribution in [0.25, 0.3) is 0 Å². The summed E-state index contributed by atoms with van der Waals surface area (Å²) in [6.45, 7) is 4.43. The summed E-state index contributed by atoms with van der Waals surface area (Å²) in [4.78, 5) is 21.7. The van der Waals surface area contributed by atoms with Gasteiger partial charge in [0.2, 0.25) is 0 Å². The summed E-state index contributed by atoms with van der Waals surface area (Å²) in [7, 11) is 0. The third-order valence-corrected chi connectivity index (χ3v) is 2.24. The highest BCUT2D eigenvalue weighted by atomic mass is 35.5. The molecule has 1 aromatic carbocycles. The maximum Gasteiger partial charge on any atom is 0.271 e. The number of carbonyl (C=O) groups is 1. The molecule has 1 rings (SSSR count). The van der Waals surface area contributed by atoms with Crippen LogP contribution in [-0.2, 0) is 0 Å². The van der Waals surface area contributed by atoms with Crippen molar-refractivity contribution < 1.29 is 9.72 Å². The summed E-state index contributed by atoms with van der Waals surface area (Å²) in [5.41, 5.74) is 0.0112. The fourth-order valence-corrected chi connectivity index (χ4v) is 1.44. The van der Waals surface area contributed by atoms with E-state index in [2.05, 4.69) is 5.32 Å². The van der Waals surface area contributed by atoms with Crippen molar-refractivity contribution in [2.24, 2.45) is 5.92 Å². The zero-order valence-corrected chi connectivity index (χ0v) is 10.3. The maximum absolute atomic E-state index is 11.7. The average Bonchev–Trinajstić information content (AvgIpc) is 2.24. The van der Waals surface area contributed by atoms with Gasteiger partial charge in [-0.1, -0.05) is 25.4 Å². The molecule has 1 N–H and O–H groups in total. The molecular formula is C11H13ClN2O3. The monoisotopic (exact) mass is 256 g/mol.